The molecule has 0 aromatic carbocycles. The predicted octanol–water partition coefficient (Wildman–Crippen LogP) is 22.0. The van der Waals surface area contributed by atoms with E-state index in [0.717, 1.165) is 38.5 Å². The molecule has 0 saturated heterocycles. The van der Waals surface area contributed by atoms with Crippen molar-refractivity contribution >= 4 is 11.9 Å². The number of allylic oxidation sites excluding steroid dienone is 1. The summed E-state index contributed by atoms with van der Waals surface area (Å²) < 4.78 is 5.48. The Bertz CT molecular complexity index is 1130. The first-order valence-corrected chi connectivity index (χ1v) is 34.5. The van der Waals surface area contributed by atoms with Gasteiger partial charge in [0.1, 0.15) is 0 Å². The summed E-state index contributed by atoms with van der Waals surface area (Å²) in [6, 6.07) is -0.623. The fourth-order valence-electron chi connectivity index (χ4n) is 11.1. The molecule has 0 saturated carbocycles. The minimum absolute atomic E-state index is 0.0223. The summed E-state index contributed by atoms with van der Waals surface area (Å²) in [5, 5.41) is 23.1. The lowest BCUT2D eigenvalue weighted by molar-refractivity contribution is -0.143. The van der Waals surface area contributed by atoms with Gasteiger partial charge in [0.25, 0.3) is 0 Å². The Labute approximate surface area is 469 Å². The van der Waals surface area contributed by atoms with Gasteiger partial charge in [-0.3, -0.25) is 9.59 Å². The van der Waals surface area contributed by atoms with Crippen LogP contribution in [0.4, 0.5) is 0 Å². The number of hydrogen-bond acceptors (Lipinski definition) is 5. The van der Waals surface area contributed by atoms with Crippen molar-refractivity contribution in [1.29, 1.82) is 0 Å². The van der Waals surface area contributed by atoms with Gasteiger partial charge in [-0.1, -0.05) is 360 Å². The molecule has 0 bridgehead atoms. The zero-order valence-electron chi connectivity index (χ0n) is 51.1. The van der Waals surface area contributed by atoms with E-state index in [-0.39, 0.29) is 18.5 Å². The average molecular weight is 1060 g/mol. The minimum atomic E-state index is -0.840. The highest BCUT2D eigenvalue weighted by Gasteiger charge is 2.18. The molecule has 0 aromatic rings. The molecule has 3 N–H and O–H groups in total. The molecule has 2 atom stereocenters. The van der Waals surface area contributed by atoms with Crippen LogP contribution in [0.25, 0.3) is 0 Å². The number of carbonyl (C=O) groups is 2. The van der Waals surface area contributed by atoms with Gasteiger partial charge in [0.15, 0.2) is 0 Å². The summed E-state index contributed by atoms with van der Waals surface area (Å²) in [5.41, 5.74) is 0. The molecule has 6 nitrogen and oxygen atoms in total. The maximum Gasteiger partial charge on any atom is 0.305 e. The Hall–Kier alpha value is -1.40. The number of amides is 1. The van der Waals surface area contributed by atoms with Crippen LogP contribution in [-0.4, -0.2) is 47.4 Å². The number of rotatable bonds is 65. The Balaban J connectivity index is 3.32. The maximum atomic E-state index is 12.5. The largest absolute Gasteiger partial charge is 0.466 e. The van der Waals surface area contributed by atoms with Crippen LogP contribution >= 0.6 is 0 Å². The van der Waals surface area contributed by atoms with E-state index in [1.807, 2.05) is 6.08 Å². The van der Waals surface area contributed by atoms with E-state index in [4.69, 9.17) is 4.74 Å². The summed E-state index contributed by atoms with van der Waals surface area (Å²) in [7, 11) is 0. The SMILES string of the molecule is CCCCCCCCCCCCCC/C=C/C(O)C(CO)NC(=O)CCCCCCCCCCCCCCCCCCCCCCCCCCCCCCCCCCOC(=O)CCCCCCCCCCCCCC. The van der Waals surface area contributed by atoms with Crippen LogP contribution in [-0.2, 0) is 14.3 Å². The first-order valence-electron chi connectivity index (χ1n) is 34.5. The molecule has 0 aromatic heterocycles. The van der Waals surface area contributed by atoms with E-state index in [0.29, 0.717) is 19.4 Å². The first kappa shape index (κ1) is 73.6. The second-order valence-electron chi connectivity index (χ2n) is 23.9. The number of hydrogen-bond donors (Lipinski definition) is 3. The van der Waals surface area contributed by atoms with Gasteiger partial charge in [0, 0.05) is 12.8 Å². The maximum absolute atomic E-state index is 12.5. The molecule has 0 aliphatic heterocycles. The second-order valence-corrected chi connectivity index (χ2v) is 23.9. The molecule has 1 amide bonds. The number of aliphatic hydroxyl groups is 2. The van der Waals surface area contributed by atoms with E-state index in [2.05, 4.69) is 19.2 Å². The summed E-state index contributed by atoms with van der Waals surface area (Å²) >= 11 is 0. The third-order valence-electron chi connectivity index (χ3n) is 16.3. The number of aliphatic hydroxyl groups excluding tert-OH is 2. The van der Waals surface area contributed by atoms with E-state index in [1.54, 1.807) is 6.08 Å². The van der Waals surface area contributed by atoms with Crippen molar-refractivity contribution < 1.29 is 24.5 Å². The van der Waals surface area contributed by atoms with Crippen molar-refractivity contribution in [2.75, 3.05) is 13.2 Å². The fourth-order valence-corrected chi connectivity index (χ4v) is 11.1. The van der Waals surface area contributed by atoms with Gasteiger partial charge < -0.3 is 20.3 Å². The highest BCUT2D eigenvalue weighted by molar-refractivity contribution is 5.76. The Morgan fingerprint density at radius 2 is 0.613 bits per heavy atom. The molecular formula is C69H135NO5. The van der Waals surface area contributed by atoms with Crippen LogP contribution in [0.15, 0.2) is 12.2 Å². The second kappa shape index (κ2) is 65.1. The number of esters is 1. The molecule has 0 aliphatic carbocycles. The highest BCUT2D eigenvalue weighted by Crippen LogP contribution is 2.19. The topological polar surface area (TPSA) is 95.9 Å². The Kier molecular flexibility index (Phi) is 63.9. The summed E-state index contributed by atoms with van der Waals surface area (Å²) in [5.74, 6) is -0.0388. The van der Waals surface area contributed by atoms with Gasteiger partial charge in [-0.2, -0.15) is 0 Å². The Morgan fingerprint density at radius 3 is 0.907 bits per heavy atom. The van der Waals surface area contributed by atoms with Crippen LogP contribution in [0.2, 0.25) is 0 Å². The normalized spacial score (nSPS) is 12.5. The number of ether oxygens (including phenoxy) is 1. The number of carbonyl (C=O) groups excluding carboxylic acids is 2. The van der Waals surface area contributed by atoms with Gasteiger partial charge in [-0.15, -0.1) is 0 Å². The monoisotopic (exact) mass is 1060 g/mol. The summed E-state index contributed by atoms with van der Waals surface area (Å²) in [4.78, 5) is 24.5. The van der Waals surface area contributed by atoms with Crippen molar-refractivity contribution in [2.24, 2.45) is 0 Å². The van der Waals surface area contributed by atoms with Gasteiger partial charge in [-0.25, -0.2) is 0 Å². The zero-order valence-corrected chi connectivity index (χ0v) is 51.1. The molecule has 0 heterocycles. The third-order valence-corrected chi connectivity index (χ3v) is 16.3. The van der Waals surface area contributed by atoms with Crippen molar-refractivity contribution in [3.8, 4) is 0 Å². The standard InChI is InChI=1S/C69H135NO5/c1-3-5-7-9-11-13-15-17-38-41-45-49-53-57-61-67(72)66(65-71)70-68(73)62-58-54-50-46-42-39-36-34-32-30-28-26-24-22-20-18-19-21-23-25-27-29-31-33-35-37-40-44-48-52-56-60-64-75-69(74)63-59-55-51-47-43-16-14-12-10-8-6-4-2/h57,61,66-67,71-72H,3-56,58-60,62-65H2,1-2H3,(H,70,73)/b61-57+. The molecular weight excluding hydrogens is 923 g/mol. The van der Waals surface area contributed by atoms with Crippen molar-refractivity contribution in [1.82, 2.24) is 5.32 Å². The van der Waals surface area contributed by atoms with E-state index < -0.39 is 12.1 Å². The van der Waals surface area contributed by atoms with E-state index in [9.17, 15) is 19.8 Å². The summed E-state index contributed by atoms with van der Waals surface area (Å²) in [6.45, 7) is 4.94. The lowest BCUT2D eigenvalue weighted by Gasteiger charge is -2.20. The molecule has 0 aliphatic rings. The lowest BCUT2D eigenvalue weighted by Crippen LogP contribution is -2.45. The van der Waals surface area contributed by atoms with Crippen LogP contribution in [0, 0.1) is 0 Å². The van der Waals surface area contributed by atoms with Crippen LogP contribution in [0.3, 0.4) is 0 Å². The molecule has 0 radical (unpaired) electrons. The van der Waals surface area contributed by atoms with Gasteiger partial charge in [0.2, 0.25) is 5.91 Å². The molecule has 6 heteroatoms. The van der Waals surface area contributed by atoms with Gasteiger partial charge in [-0.05, 0) is 32.1 Å². The number of nitrogens with one attached hydrogen (secondary N) is 1. The van der Waals surface area contributed by atoms with Crippen LogP contribution < -0.4 is 5.32 Å². The molecule has 446 valence electrons. The van der Waals surface area contributed by atoms with Gasteiger partial charge in [0.05, 0.1) is 25.4 Å². The minimum Gasteiger partial charge on any atom is -0.466 e. The van der Waals surface area contributed by atoms with Crippen LogP contribution in [0.1, 0.15) is 393 Å². The van der Waals surface area contributed by atoms with Crippen molar-refractivity contribution in [3.63, 3.8) is 0 Å². The molecule has 0 spiro atoms. The molecule has 75 heavy (non-hydrogen) atoms. The fraction of sp³-hybridized carbons (Fsp3) is 0.942. The Morgan fingerprint density at radius 1 is 0.360 bits per heavy atom. The average Bonchev–Trinajstić information content (AvgIpc) is 3.41. The van der Waals surface area contributed by atoms with E-state index in [1.165, 1.54) is 327 Å². The quantitative estimate of drug-likeness (QED) is 0.0320. The smallest absolute Gasteiger partial charge is 0.305 e. The molecule has 0 rings (SSSR count). The third kappa shape index (κ3) is 61.7. The zero-order chi connectivity index (χ0) is 54.3. The summed E-state index contributed by atoms with van der Waals surface area (Å²) in [6.07, 6.45) is 80.1. The van der Waals surface area contributed by atoms with Crippen molar-refractivity contribution in [2.45, 2.75) is 405 Å². The first-order chi connectivity index (χ1) is 37.0. The van der Waals surface area contributed by atoms with E-state index >= 15 is 0 Å². The predicted molar refractivity (Wildman–Crippen MR) is 329 cm³/mol. The van der Waals surface area contributed by atoms with Crippen molar-refractivity contribution in [3.05, 3.63) is 12.2 Å². The number of unbranched alkanes of at least 4 members (excludes halogenated alkanes) is 54. The molecule has 2 unspecified atom stereocenters. The van der Waals surface area contributed by atoms with Gasteiger partial charge >= 0.3 is 5.97 Å². The highest BCUT2D eigenvalue weighted by atomic mass is 16.5. The van der Waals surface area contributed by atoms with Crippen LogP contribution in [0.5, 0.6) is 0 Å². The molecule has 0 fully saturated rings. The lowest BCUT2D eigenvalue weighted by atomic mass is 10.0.